The fraction of sp³-hybridized carbons (Fsp3) is 0.375. The lowest BCUT2D eigenvalue weighted by molar-refractivity contribution is -0.137. The van der Waals surface area contributed by atoms with Crippen LogP contribution in [-0.4, -0.2) is 47.3 Å². The highest BCUT2D eigenvalue weighted by Gasteiger charge is 2.23. The third kappa shape index (κ3) is 9.30. The Labute approximate surface area is 236 Å². The number of aromatic carboxylic acids is 1. The summed E-state index contributed by atoms with van der Waals surface area (Å²) in [6.45, 7) is 6.48. The molecule has 1 heterocycles. The summed E-state index contributed by atoms with van der Waals surface area (Å²) in [5.41, 5.74) is 3.60. The van der Waals surface area contributed by atoms with Crippen LogP contribution in [0.1, 0.15) is 67.6 Å². The molecule has 3 aromatic rings. The summed E-state index contributed by atoms with van der Waals surface area (Å²) in [6.07, 6.45) is 2.51. The Kier molecular flexibility index (Phi) is 11.8. The number of hydrogen-bond acceptors (Lipinski definition) is 6. The first-order valence-electron chi connectivity index (χ1n) is 13.5. The van der Waals surface area contributed by atoms with Crippen molar-refractivity contribution in [3.63, 3.8) is 0 Å². The van der Waals surface area contributed by atoms with E-state index in [4.69, 9.17) is 14.7 Å². The van der Waals surface area contributed by atoms with Gasteiger partial charge in [0.15, 0.2) is 0 Å². The largest absolute Gasteiger partial charge is 0.478 e. The first-order chi connectivity index (χ1) is 19.3. The summed E-state index contributed by atoms with van der Waals surface area (Å²) in [6, 6.07) is 22.7. The van der Waals surface area contributed by atoms with E-state index in [0.717, 1.165) is 23.1 Å². The number of nitrogens with one attached hydrogen (secondary N) is 1. The maximum atomic E-state index is 12.4. The zero-order chi connectivity index (χ0) is 28.9. The molecule has 0 saturated carbocycles. The van der Waals surface area contributed by atoms with Crippen LogP contribution in [0.15, 0.2) is 72.9 Å². The molecule has 0 saturated heterocycles. The number of carbonyl (C=O) groups is 2. The smallest absolute Gasteiger partial charge is 0.335 e. The second kappa shape index (κ2) is 15.5. The SMILES string of the molecule is CC(C)C[C@H](OC(C)CCCOC(c1ccccc1)c1ccc(-c2cc(C(=O)O)ccn2)cc1)C(=O)NCC#N. The molecule has 0 bridgehead atoms. The Balaban J connectivity index is 1.63. The maximum absolute atomic E-state index is 12.4. The van der Waals surface area contributed by atoms with E-state index in [2.05, 4.69) is 10.3 Å². The predicted octanol–water partition coefficient (Wildman–Crippen LogP) is 5.79. The summed E-state index contributed by atoms with van der Waals surface area (Å²) < 4.78 is 12.4. The number of carboxylic acid groups (broad SMARTS) is 1. The molecular weight excluding hydrogens is 506 g/mol. The number of hydrogen-bond donors (Lipinski definition) is 2. The topological polar surface area (TPSA) is 122 Å². The molecule has 3 atom stereocenters. The molecule has 210 valence electrons. The van der Waals surface area contributed by atoms with Gasteiger partial charge in [-0.3, -0.25) is 9.78 Å². The van der Waals surface area contributed by atoms with Gasteiger partial charge in [-0.1, -0.05) is 68.4 Å². The van der Waals surface area contributed by atoms with Gasteiger partial charge >= 0.3 is 5.97 Å². The molecule has 0 fully saturated rings. The molecule has 1 amide bonds. The lowest BCUT2D eigenvalue weighted by Gasteiger charge is -2.24. The minimum Gasteiger partial charge on any atom is -0.478 e. The number of nitriles is 1. The third-order valence-corrected chi connectivity index (χ3v) is 6.37. The summed E-state index contributed by atoms with van der Waals surface area (Å²) in [7, 11) is 0. The van der Waals surface area contributed by atoms with Gasteiger partial charge in [0.2, 0.25) is 5.91 Å². The fourth-order valence-corrected chi connectivity index (χ4v) is 4.38. The van der Waals surface area contributed by atoms with Crippen molar-refractivity contribution >= 4 is 11.9 Å². The maximum Gasteiger partial charge on any atom is 0.335 e. The van der Waals surface area contributed by atoms with Gasteiger partial charge in [-0.2, -0.15) is 5.26 Å². The fourth-order valence-electron chi connectivity index (χ4n) is 4.38. The lowest BCUT2D eigenvalue weighted by Crippen LogP contribution is -2.39. The van der Waals surface area contributed by atoms with Crippen LogP contribution in [-0.2, 0) is 14.3 Å². The summed E-state index contributed by atoms with van der Waals surface area (Å²) in [5, 5.41) is 20.7. The Morgan fingerprint density at radius 2 is 1.73 bits per heavy atom. The Morgan fingerprint density at radius 3 is 2.38 bits per heavy atom. The van der Waals surface area contributed by atoms with Crippen molar-refractivity contribution in [2.24, 2.45) is 5.92 Å². The second-order valence-corrected chi connectivity index (χ2v) is 10.1. The lowest BCUT2D eigenvalue weighted by atomic mass is 9.99. The molecule has 0 aliphatic carbocycles. The number of carboxylic acids is 1. The van der Waals surface area contributed by atoms with Crippen molar-refractivity contribution in [1.82, 2.24) is 10.3 Å². The summed E-state index contributed by atoms with van der Waals surface area (Å²) >= 11 is 0. The number of pyridine rings is 1. The van der Waals surface area contributed by atoms with E-state index < -0.39 is 12.1 Å². The molecule has 8 nitrogen and oxygen atoms in total. The average Bonchev–Trinajstić information content (AvgIpc) is 2.96. The van der Waals surface area contributed by atoms with Crippen LogP contribution in [0.4, 0.5) is 0 Å². The van der Waals surface area contributed by atoms with Gasteiger partial charge in [-0.25, -0.2) is 4.79 Å². The minimum atomic E-state index is -0.991. The number of amides is 1. The Bertz CT molecular complexity index is 1270. The number of aromatic nitrogens is 1. The van der Waals surface area contributed by atoms with Crippen LogP contribution in [0.3, 0.4) is 0 Å². The van der Waals surface area contributed by atoms with Crippen molar-refractivity contribution in [1.29, 1.82) is 5.26 Å². The number of ether oxygens (including phenoxy) is 2. The van der Waals surface area contributed by atoms with Gasteiger partial charge in [-0.05, 0) is 55.4 Å². The zero-order valence-electron chi connectivity index (χ0n) is 23.2. The van der Waals surface area contributed by atoms with Crippen LogP contribution < -0.4 is 5.32 Å². The van der Waals surface area contributed by atoms with Gasteiger partial charge in [0.05, 0.1) is 23.4 Å². The molecule has 0 radical (unpaired) electrons. The highest BCUT2D eigenvalue weighted by molar-refractivity contribution is 5.88. The highest BCUT2D eigenvalue weighted by Crippen LogP contribution is 2.29. The van der Waals surface area contributed by atoms with Gasteiger partial charge in [0.25, 0.3) is 0 Å². The minimum absolute atomic E-state index is 0.0356. The molecule has 1 aromatic heterocycles. The Morgan fingerprint density at radius 1 is 1.02 bits per heavy atom. The molecule has 8 heteroatoms. The Hall–Kier alpha value is -4.06. The third-order valence-electron chi connectivity index (χ3n) is 6.37. The molecule has 0 spiro atoms. The zero-order valence-corrected chi connectivity index (χ0v) is 23.2. The van der Waals surface area contributed by atoms with Crippen LogP contribution >= 0.6 is 0 Å². The van der Waals surface area contributed by atoms with Crippen molar-refractivity contribution in [2.75, 3.05) is 13.2 Å². The van der Waals surface area contributed by atoms with Crippen molar-refractivity contribution in [2.45, 2.75) is 58.3 Å². The molecule has 0 aliphatic heterocycles. The van der Waals surface area contributed by atoms with Crippen LogP contribution in [0.25, 0.3) is 11.3 Å². The van der Waals surface area contributed by atoms with Crippen LogP contribution in [0.5, 0.6) is 0 Å². The van der Waals surface area contributed by atoms with Crippen LogP contribution in [0.2, 0.25) is 0 Å². The molecule has 3 rings (SSSR count). The van der Waals surface area contributed by atoms with Gasteiger partial charge in [-0.15, -0.1) is 0 Å². The predicted molar refractivity (Wildman–Crippen MR) is 153 cm³/mol. The van der Waals surface area contributed by atoms with Gasteiger partial charge in [0, 0.05) is 18.4 Å². The highest BCUT2D eigenvalue weighted by atomic mass is 16.5. The molecule has 40 heavy (non-hydrogen) atoms. The number of rotatable bonds is 15. The molecular formula is C32H37N3O5. The molecule has 2 aromatic carbocycles. The number of benzene rings is 2. The first-order valence-corrected chi connectivity index (χ1v) is 13.5. The van der Waals surface area contributed by atoms with E-state index in [-0.39, 0.29) is 36.1 Å². The second-order valence-electron chi connectivity index (χ2n) is 10.1. The van der Waals surface area contributed by atoms with Crippen molar-refractivity contribution in [3.8, 4) is 17.3 Å². The molecule has 2 unspecified atom stereocenters. The standard InChI is InChI=1S/C32H37N3O5/c1-22(2)20-29(31(36)35-18-16-33)40-23(3)8-7-19-39-30(25-9-5-4-6-10-25)26-13-11-24(12-14-26)28-21-27(32(37)38)15-17-34-28/h4-6,9-15,17,21-23,29-30H,7-8,18-20H2,1-3H3,(H,35,36)(H,37,38)/t23?,29-,30?/m0/s1. The van der Waals surface area contributed by atoms with Crippen molar-refractivity contribution < 1.29 is 24.2 Å². The normalized spacial score (nSPS) is 13.3. The molecule has 2 N–H and O–H groups in total. The van der Waals surface area contributed by atoms with E-state index in [1.807, 2.05) is 81.4 Å². The van der Waals surface area contributed by atoms with E-state index >= 15 is 0 Å². The quantitative estimate of drug-likeness (QED) is 0.184. The van der Waals surface area contributed by atoms with E-state index in [9.17, 15) is 14.7 Å². The number of nitrogens with zero attached hydrogens (tertiary/aromatic N) is 2. The van der Waals surface area contributed by atoms with Crippen molar-refractivity contribution in [3.05, 3.63) is 89.6 Å². The average molecular weight is 544 g/mol. The van der Waals surface area contributed by atoms with Gasteiger partial charge < -0.3 is 19.9 Å². The van der Waals surface area contributed by atoms with E-state index in [1.165, 1.54) is 12.3 Å². The first kappa shape index (κ1) is 30.5. The number of carbonyl (C=O) groups excluding carboxylic acids is 1. The monoisotopic (exact) mass is 543 g/mol. The van der Waals surface area contributed by atoms with E-state index in [0.29, 0.717) is 25.1 Å². The molecule has 0 aliphatic rings. The van der Waals surface area contributed by atoms with Crippen LogP contribution in [0, 0.1) is 17.2 Å². The summed E-state index contributed by atoms with van der Waals surface area (Å²) in [5.74, 6) is -0.964. The van der Waals surface area contributed by atoms with Gasteiger partial charge in [0.1, 0.15) is 18.8 Å². The summed E-state index contributed by atoms with van der Waals surface area (Å²) in [4.78, 5) is 28.1. The van der Waals surface area contributed by atoms with E-state index in [1.54, 1.807) is 6.07 Å².